The van der Waals surface area contributed by atoms with E-state index in [4.69, 9.17) is 26.8 Å². The topological polar surface area (TPSA) is 90.7 Å². The smallest absolute Gasteiger partial charge is 0.255 e. The van der Waals surface area contributed by atoms with Crippen molar-refractivity contribution < 1.29 is 19.1 Å². The SMILES string of the molecule is COc1cc(C(=O)NCc2cccc(Cl)c2)ccc1OCC(N)=O. The van der Waals surface area contributed by atoms with Gasteiger partial charge in [-0.25, -0.2) is 0 Å². The van der Waals surface area contributed by atoms with Crippen LogP contribution in [0.2, 0.25) is 5.02 Å². The lowest BCUT2D eigenvalue weighted by Gasteiger charge is -2.11. The minimum absolute atomic E-state index is 0.267. The van der Waals surface area contributed by atoms with Crippen LogP contribution in [0.3, 0.4) is 0 Å². The molecule has 0 aliphatic rings. The Balaban J connectivity index is 2.05. The molecule has 0 aliphatic heterocycles. The lowest BCUT2D eigenvalue weighted by atomic mass is 10.1. The molecule has 7 heteroatoms. The Labute approximate surface area is 144 Å². The predicted molar refractivity (Wildman–Crippen MR) is 90.3 cm³/mol. The molecule has 0 atom stereocenters. The van der Waals surface area contributed by atoms with Crippen LogP contribution in [0.15, 0.2) is 42.5 Å². The molecule has 0 radical (unpaired) electrons. The van der Waals surface area contributed by atoms with Gasteiger partial charge in [0.2, 0.25) is 0 Å². The molecule has 0 saturated carbocycles. The minimum atomic E-state index is -0.597. The molecule has 0 heterocycles. The van der Waals surface area contributed by atoms with Crippen LogP contribution < -0.4 is 20.5 Å². The molecule has 0 spiro atoms. The summed E-state index contributed by atoms with van der Waals surface area (Å²) in [5, 5.41) is 3.41. The van der Waals surface area contributed by atoms with E-state index in [-0.39, 0.29) is 12.5 Å². The van der Waals surface area contributed by atoms with Gasteiger partial charge in [-0.15, -0.1) is 0 Å². The Morgan fingerprint density at radius 2 is 1.96 bits per heavy atom. The van der Waals surface area contributed by atoms with Crippen molar-refractivity contribution in [1.29, 1.82) is 0 Å². The maximum absolute atomic E-state index is 12.2. The number of methoxy groups -OCH3 is 1. The molecule has 126 valence electrons. The zero-order valence-electron chi connectivity index (χ0n) is 13.0. The highest BCUT2D eigenvalue weighted by atomic mass is 35.5. The first-order chi connectivity index (χ1) is 11.5. The van der Waals surface area contributed by atoms with Gasteiger partial charge in [-0.1, -0.05) is 23.7 Å². The first-order valence-corrected chi connectivity index (χ1v) is 7.49. The third-order valence-electron chi connectivity index (χ3n) is 3.14. The first-order valence-electron chi connectivity index (χ1n) is 7.11. The van der Waals surface area contributed by atoms with Gasteiger partial charge in [0, 0.05) is 17.1 Å². The van der Waals surface area contributed by atoms with Crippen molar-refractivity contribution in [3.8, 4) is 11.5 Å². The van der Waals surface area contributed by atoms with Gasteiger partial charge in [-0.05, 0) is 35.9 Å². The molecule has 2 aromatic rings. The van der Waals surface area contributed by atoms with E-state index < -0.39 is 5.91 Å². The largest absolute Gasteiger partial charge is 0.493 e. The zero-order chi connectivity index (χ0) is 17.5. The summed E-state index contributed by atoms with van der Waals surface area (Å²) in [5.74, 6) is -0.190. The third-order valence-corrected chi connectivity index (χ3v) is 3.37. The number of amides is 2. The molecular weight excluding hydrogens is 332 g/mol. The molecule has 2 aromatic carbocycles. The Hall–Kier alpha value is -2.73. The van der Waals surface area contributed by atoms with Crippen LogP contribution in [-0.4, -0.2) is 25.5 Å². The minimum Gasteiger partial charge on any atom is -0.493 e. The molecular formula is C17H17ClN2O4. The number of primary amides is 1. The molecule has 0 aromatic heterocycles. The van der Waals surface area contributed by atoms with E-state index in [1.165, 1.54) is 13.2 Å². The lowest BCUT2D eigenvalue weighted by Crippen LogP contribution is -2.23. The number of carbonyl (C=O) groups excluding carboxylic acids is 2. The van der Waals surface area contributed by atoms with Crippen molar-refractivity contribution in [3.05, 3.63) is 58.6 Å². The highest BCUT2D eigenvalue weighted by molar-refractivity contribution is 6.30. The number of benzene rings is 2. The number of ether oxygens (including phenoxy) is 2. The van der Waals surface area contributed by atoms with Gasteiger partial charge < -0.3 is 20.5 Å². The van der Waals surface area contributed by atoms with E-state index >= 15 is 0 Å². The normalized spacial score (nSPS) is 10.1. The van der Waals surface area contributed by atoms with E-state index in [2.05, 4.69) is 5.32 Å². The summed E-state index contributed by atoms with van der Waals surface area (Å²) < 4.78 is 10.4. The van der Waals surface area contributed by atoms with Gasteiger partial charge in [-0.2, -0.15) is 0 Å². The number of hydrogen-bond acceptors (Lipinski definition) is 4. The number of hydrogen-bond donors (Lipinski definition) is 2. The first kappa shape index (κ1) is 17.6. The van der Waals surface area contributed by atoms with Crippen LogP contribution in [0.1, 0.15) is 15.9 Å². The summed E-state index contributed by atoms with van der Waals surface area (Å²) in [6, 6.07) is 11.9. The van der Waals surface area contributed by atoms with E-state index in [1.54, 1.807) is 24.3 Å². The maximum atomic E-state index is 12.2. The van der Waals surface area contributed by atoms with E-state index in [1.807, 2.05) is 12.1 Å². The molecule has 0 fully saturated rings. The monoisotopic (exact) mass is 348 g/mol. The average Bonchev–Trinajstić information content (AvgIpc) is 2.57. The molecule has 0 bridgehead atoms. The second-order valence-corrected chi connectivity index (χ2v) is 5.37. The fourth-order valence-corrected chi connectivity index (χ4v) is 2.22. The molecule has 2 amide bonds. The molecule has 2 rings (SSSR count). The Bertz CT molecular complexity index is 749. The number of carbonyl (C=O) groups is 2. The second-order valence-electron chi connectivity index (χ2n) is 4.93. The van der Waals surface area contributed by atoms with Gasteiger partial charge >= 0.3 is 0 Å². The summed E-state index contributed by atoms with van der Waals surface area (Å²) in [5.41, 5.74) is 6.33. The summed E-state index contributed by atoms with van der Waals surface area (Å²) >= 11 is 5.91. The average molecular weight is 349 g/mol. The van der Waals surface area contributed by atoms with Crippen molar-refractivity contribution in [2.45, 2.75) is 6.54 Å². The summed E-state index contributed by atoms with van der Waals surface area (Å²) in [4.78, 5) is 23.0. The summed E-state index contributed by atoms with van der Waals surface area (Å²) in [6.07, 6.45) is 0. The van der Waals surface area contributed by atoms with Gasteiger partial charge in [0.1, 0.15) is 0 Å². The van der Waals surface area contributed by atoms with Crippen molar-refractivity contribution in [2.24, 2.45) is 5.73 Å². The lowest BCUT2D eigenvalue weighted by molar-refractivity contribution is -0.119. The zero-order valence-corrected chi connectivity index (χ0v) is 13.8. The van der Waals surface area contributed by atoms with Crippen LogP contribution in [0, 0.1) is 0 Å². The van der Waals surface area contributed by atoms with Crippen molar-refractivity contribution in [2.75, 3.05) is 13.7 Å². The van der Waals surface area contributed by atoms with Crippen molar-refractivity contribution in [1.82, 2.24) is 5.32 Å². The van der Waals surface area contributed by atoms with Crippen LogP contribution in [0.5, 0.6) is 11.5 Å². The standard InChI is InChI=1S/C17H17ClN2O4/c1-23-15-8-12(5-6-14(15)24-10-16(19)21)17(22)20-9-11-3-2-4-13(18)7-11/h2-8H,9-10H2,1H3,(H2,19,21)(H,20,22). The Morgan fingerprint density at radius 1 is 1.17 bits per heavy atom. The second kappa shape index (κ2) is 8.21. The molecule has 6 nitrogen and oxygen atoms in total. The van der Waals surface area contributed by atoms with Crippen LogP contribution in [0.25, 0.3) is 0 Å². The molecule has 0 saturated heterocycles. The molecule has 3 N–H and O–H groups in total. The highest BCUT2D eigenvalue weighted by Gasteiger charge is 2.12. The number of nitrogens with two attached hydrogens (primary N) is 1. The quantitative estimate of drug-likeness (QED) is 0.802. The van der Waals surface area contributed by atoms with Crippen molar-refractivity contribution in [3.63, 3.8) is 0 Å². The van der Waals surface area contributed by atoms with Crippen LogP contribution >= 0.6 is 11.6 Å². The van der Waals surface area contributed by atoms with Crippen LogP contribution in [-0.2, 0) is 11.3 Å². The van der Waals surface area contributed by atoms with E-state index in [0.29, 0.717) is 28.6 Å². The Morgan fingerprint density at radius 3 is 2.62 bits per heavy atom. The molecule has 24 heavy (non-hydrogen) atoms. The van der Waals surface area contributed by atoms with Gasteiger partial charge in [0.15, 0.2) is 18.1 Å². The predicted octanol–water partition coefficient (Wildman–Crippen LogP) is 2.14. The highest BCUT2D eigenvalue weighted by Crippen LogP contribution is 2.28. The van der Waals surface area contributed by atoms with Gasteiger partial charge in [0.05, 0.1) is 7.11 Å². The van der Waals surface area contributed by atoms with E-state index in [9.17, 15) is 9.59 Å². The number of nitrogens with one attached hydrogen (secondary N) is 1. The Kier molecular flexibility index (Phi) is 6.03. The summed E-state index contributed by atoms with van der Waals surface area (Å²) in [6.45, 7) is 0.0817. The van der Waals surface area contributed by atoms with Gasteiger partial charge in [0.25, 0.3) is 11.8 Å². The molecule has 0 unspecified atom stereocenters. The number of halogens is 1. The molecule has 0 aliphatic carbocycles. The third kappa shape index (κ3) is 4.89. The fraction of sp³-hybridized carbons (Fsp3) is 0.176. The fourth-order valence-electron chi connectivity index (χ4n) is 2.01. The van der Waals surface area contributed by atoms with Crippen molar-refractivity contribution >= 4 is 23.4 Å². The number of rotatable bonds is 7. The van der Waals surface area contributed by atoms with E-state index in [0.717, 1.165) is 5.56 Å². The summed E-state index contributed by atoms with van der Waals surface area (Å²) in [7, 11) is 1.44. The van der Waals surface area contributed by atoms with Gasteiger partial charge in [-0.3, -0.25) is 9.59 Å². The maximum Gasteiger partial charge on any atom is 0.255 e. The van der Waals surface area contributed by atoms with Crippen LogP contribution in [0.4, 0.5) is 0 Å².